The molecule has 0 radical (unpaired) electrons. The highest BCUT2D eigenvalue weighted by Gasteiger charge is 2.15. The van der Waals surface area contributed by atoms with Crippen LogP contribution in [0.4, 0.5) is 0 Å². The molecule has 0 bridgehead atoms. The minimum absolute atomic E-state index is 0.398. The van der Waals surface area contributed by atoms with Gasteiger partial charge in [0.15, 0.2) is 0 Å². The van der Waals surface area contributed by atoms with Gasteiger partial charge in [-0.25, -0.2) is 0 Å². The van der Waals surface area contributed by atoms with Gasteiger partial charge >= 0.3 is 0 Å². The fraction of sp³-hybridized carbons (Fsp3) is 0.355. The smallest absolute Gasteiger partial charge is 0.141 e. The summed E-state index contributed by atoms with van der Waals surface area (Å²) in [6, 6.07) is 21.0. The largest absolute Gasteiger partial charge is 0.493 e. The summed E-state index contributed by atoms with van der Waals surface area (Å²) in [6.45, 7) is 5.45. The van der Waals surface area contributed by atoms with Crippen LogP contribution in [0.1, 0.15) is 56.2 Å². The fourth-order valence-electron chi connectivity index (χ4n) is 4.72. The highest BCUT2D eigenvalue weighted by Crippen LogP contribution is 2.37. The molecule has 1 N–H and O–H groups in total. The summed E-state index contributed by atoms with van der Waals surface area (Å²) in [4.78, 5) is 1.31. The van der Waals surface area contributed by atoms with E-state index < -0.39 is 0 Å². The summed E-state index contributed by atoms with van der Waals surface area (Å²) in [7, 11) is 0. The molecule has 3 aromatic carbocycles. The van der Waals surface area contributed by atoms with E-state index in [0.717, 1.165) is 83.3 Å². The second kappa shape index (κ2) is 16.9. The number of nitrogens with one attached hydrogen (secondary N) is 1. The van der Waals surface area contributed by atoms with Crippen LogP contribution in [0.2, 0.25) is 0 Å². The molecule has 42 heavy (non-hydrogen) atoms. The highest BCUT2D eigenvalue weighted by atomic mass is 32.2. The highest BCUT2D eigenvalue weighted by molar-refractivity contribution is 7.99. The fourth-order valence-corrected chi connectivity index (χ4v) is 5.80. The lowest BCUT2D eigenvalue weighted by atomic mass is 10.0. The van der Waals surface area contributed by atoms with E-state index >= 15 is 0 Å². The first-order valence-electron chi connectivity index (χ1n) is 14.2. The Morgan fingerprint density at radius 1 is 0.857 bits per heavy atom. The molecule has 0 atom stereocenters. The maximum absolute atomic E-state index is 6.47. The maximum Gasteiger partial charge on any atom is 0.141 e. The van der Waals surface area contributed by atoms with Crippen molar-refractivity contribution in [3.63, 3.8) is 0 Å². The summed E-state index contributed by atoms with van der Waals surface area (Å²) in [5.41, 5.74) is 13.2. The summed E-state index contributed by atoms with van der Waals surface area (Å²) >= 11 is 1.89. The second-order valence-corrected chi connectivity index (χ2v) is 10.8. The Morgan fingerprint density at radius 3 is 2.48 bits per heavy atom. The van der Waals surface area contributed by atoms with Crippen molar-refractivity contribution in [1.29, 1.82) is 5.53 Å². The molecule has 1 aromatic heterocycles. The number of furan rings is 1. The molecule has 4 aromatic rings. The van der Waals surface area contributed by atoms with Crippen molar-refractivity contribution in [1.82, 2.24) is 0 Å². The first-order valence-corrected chi connectivity index (χ1v) is 15.2. The van der Waals surface area contributed by atoms with Gasteiger partial charge in [0.25, 0.3) is 0 Å². The molecule has 0 unspecified atom stereocenters. The number of unbranched alkanes of at least 4 members (excludes halogenated alkanes) is 1. The normalized spacial score (nSPS) is 11.9. The van der Waals surface area contributed by atoms with Crippen LogP contribution >= 0.6 is 11.8 Å². The molecule has 1 heterocycles. The van der Waals surface area contributed by atoms with Crippen LogP contribution in [-0.4, -0.2) is 12.4 Å². The Labute approximate surface area is 250 Å². The molecule has 0 aliphatic carbocycles. The third-order valence-electron chi connectivity index (χ3n) is 6.61. The van der Waals surface area contributed by atoms with Crippen LogP contribution in [-0.2, 0) is 19.4 Å². The van der Waals surface area contributed by atoms with E-state index in [1.54, 1.807) is 0 Å². The molecular weight excluding hydrogens is 548 g/mol. The number of fused-ring (bicyclic) bond motifs is 1. The lowest BCUT2D eigenvalue weighted by molar-refractivity contribution is 0.306. The van der Waals surface area contributed by atoms with Gasteiger partial charge in [-0.3, -0.25) is 0 Å². The second-order valence-electron chi connectivity index (χ2n) is 9.63. The number of hydrogen-bond acceptors (Lipinski definition) is 5. The van der Waals surface area contributed by atoms with Gasteiger partial charge < -0.3 is 9.15 Å². The number of nitrogens with zero attached hydrogens (tertiary/aromatic N) is 7. The van der Waals surface area contributed by atoms with Crippen LogP contribution < -0.4 is 4.74 Å². The number of ether oxygens (including phenoxy) is 1. The van der Waals surface area contributed by atoms with Crippen molar-refractivity contribution >= 4 is 22.7 Å². The zero-order valence-electron chi connectivity index (χ0n) is 24.1. The number of rotatable bonds is 17. The lowest BCUT2D eigenvalue weighted by Gasteiger charge is -2.13. The summed E-state index contributed by atoms with van der Waals surface area (Å²) in [5, 5.41) is 24.2. The first-order chi connectivity index (χ1) is 20.7. The average molecular weight is 585 g/mol. The minimum Gasteiger partial charge on any atom is -0.493 e. The van der Waals surface area contributed by atoms with Gasteiger partial charge in [0.05, 0.1) is 19.4 Å². The Balaban J connectivity index is 1.29. The molecule has 11 heteroatoms. The van der Waals surface area contributed by atoms with Crippen LogP contribution in [0.5, 0.6) is 5.75 Å². The predicted molar refractivity (Wildman–Crippen MR) is 165 cm³/mol. The molecule has 0 aliphatic heterocycles. The van der Waals surface area contributed by atoms with E-state index in [4.69, 9.17) is 14.7 Å². The SMILES string of the molecule is CCCc1cc(CN=NN=NN=NN=N)ccc1SCCCCOc1ccc2c(-c3ccccc3)coc2c1CCC. The van der Waals surface area contributed by atoms with E-state index in [1.165, 1.54) is 10.5 Å². The van der Waals surface area contributed by atoms with Crippen molar-refractivity contribution in [2.75, 3.05) is 12.4 Å². The Hall–Kier alpha value is -4.25. The topological polar surface area (TPSA) is 133 Å². The van der Waals surface area contributed by atoms with E-state index in [1.807, 2.05) is 24.1 Å². The Morgan fingerprint density at radius 2 is 1.67 bits per heavy atom. The van der Waals surface area contributed by atoms with Gasteiger partial charge in [0, 0.05) is 21.4 Å². The van der Waals surface area contributed by atoms with Gasteiger partial charge in [-0.15, -0.1) is 11.8 Å². The van der Waals surface area contributed by atoms with Gasteiger partial charge in [-0.1, -0.05) is 69.2 Å². The molecule has 4 rings (SSSR count). The monoisotopic (exact) mass is 584 g/mol. The molecule has 10 nitrogen and oxygen atoms in total. The molecule has 0 spiro atoms. The Bertz CT molecular complexity index is 1520. The van der Waals surface area contributed by atoms with Crippen molar-refractivity contribution in [3.8, 4) is 16.9 Å². The number of aryl methyl sites for hydroxylation is 2. The number of hydrogen-bond donors (Lipinski definition) is 1. The third-order valence-corrected chi connectivity index (χ3v) is 7.81. The van der Waals surface area contributed by atoms with Gasteiger partial charge in [0.1, 0.15) is 11.3 Å². The minimum atomic E-state index is 0.398. The van der Waals surface area contributed by atoms with E-state index in [-0.39, 0.29) is 0 Å². The molecule has 0 aliphatic rings. The van der Waals surface area contributed by atoms with E-state index in [9.17, 15) is 0 Å². The standard InChI is InChI=1S/C31H36N8O2S/c1-3-10-25-20-23(21-33-35-37-39-38-36-34-32)14-17-30(25)42-19-9-8-18-40-29-16-15-26-28(24-12-6-5-7-13-24)22-41-31(26)27(29)11-4-2/h5-7,12-17,20,22,32H,3-4,8-11,18-19,21H2,1-2H3. The van der Waals surface area contributed by atoms with Crippen LogP contribution in [0, 0.1) is 5.53 Å². The number of thioether (sulfide) groups is 1. The van der Waals surface area contributed by atoms with Crippen molar-refractivity contribution in [2.45, 2.75) is 63.8 Å². The molecule has 0 amide bonds. The lowest BCUT2D eigenvalue weighted by Crippen LogP contribution is -2.01. The molecular formula is C31H36N8O2S. The maximum atomic E-state index is 6.47. The Kier molecular flexibility index (Phi) is 12.3. The summed E-state index contributed by atoms with van der Waals surface area (Å²) in [6.07, 6.45) is 7.93. The van der Waals surface area contributed by atoms with Gasteiger partial charge in [0.2, 0.25) is 0 Å². The van der Waals surface area contributed by atoms with Gasteiger partial charge in [-0.2, -0.15) is 10.6 Å². The zero-order valence-corrected chi connectivity index (χ0v) is 24.9. The van der Waals surface area contributed by atoms with Crippen molar-refractivity contribution in [2.24, 2.45) is 36.5 Å². The zero-order chi connectivity index (χ0) is 29.4. The quantitative estimate of drug-likeness (QED) is 0.0572. The summed E-state index contributed by atoms with van der Waals surface area (Å²) < 4.78 is 12.4. The van der Waals surface area contributed by atoms with E-state index in [2.05, 4.69) is 105 Å². The summed E-state index contributed by atoms with van der Waals surface area (Å²) in [5.74, 6) is 1.95. The molecule has 0 saturated carbocycles. The molecule has 0 saturated heterocycles. The molecule has 218 valence electrons. The van der Waals surface area contributed by atoms with Crippen LogP contribution in [0.3, 0.4) is 0 Å². The predicted octanol–water partition coefficient (Wildman–Crippen LogP) is 10.6. The van der Waals surface area contributed by atoms with E-state index in [0.29, 0.717) is 13.2 Å². The van der Waals surface area contributed by atoms with Crippen molar-refractivity contribution < 1.29 is 9.15 Å². The van der Waals surface area contributed by atoms with Crippen molar-refractivity contribution in [3.05, 3.63) is 83.6 Å². The average Bonchev–Trinajstić information content (AvgIpc) is 3.45. The first kappa shape index (κ1) is 30.7. The van der Waals surface area contributed by atoms with Gasteiger partial charge in [-0.05, 0) is 97.7 Å². The van der Waals surface area contributed by atoms with Crippen LogP contribution in [0.15, 0.2) is 113 Å². The van der Waals surface area contributed by atoms with Crippen LogP contribution in [0.25, 0.3) is 22.1 Å². The number of benzene rings is 3. The third kappa shape index (κ3) is 8.62. The molecule has 0 fully saturated rings.